The topological polar surface area (TPSA) is 3.24 Å². The Balaban J connectivity index is 1.34. The van der Waals surface area contributed by atoms with Crippen molar-refractivity contribution in [2.75, 3.05) is 17.3 Å². The van der Waals surface area contributed by atoms with Crippen LogP contribution < -0.4 is 4.90 Å². The van der Waals surface area contributed by atoms with Gasteiger partial charge in [-0.25, -0.2) is 0 Å². The molecule has 0 N–H and O–H groups in total. The zero-order chi connectivity index (χ0) is 17.6. The van der Waals surface area contributed by atoms with E-state index in [0.717, 1.165) is 5.88 Å². The molecule has 0 radical (unpaired) electrons. The Hall–Kier alpha value is -0.630. The largest absolute Gasteiger partial charge is 0.361 e. The summed E-state index contributed by atoms with van der Waals surface area (Å²) in [7, 11) is 0. The maximum Gasteiger partial charge on any atom is 0.0686 e. The number of thioether (sulfide) groups is 1. The van der Waals surface area contributed by atoms with Crippen LogP contribution in [0.1, 0.15) is 96.8 Å². The summed E-state index contributed by atoms with van der Waals surface area (Å²) in [6, 6.07) is 8.86. The molecule has 0 spiro atoms. The van der Waals surface area contributed by atoms with E-state index in [4.69, 9.17) is 0 Å². The molecule has 1 aromatic rings. The number of anilines is 1. The van der Waals surface area contributed by atoms with Crippen LogP contribution in [0.5, 0.6) is 0 Å². The fourth-order valence-corrected chi connectivity index (χ4v) is 4.82. The summed E-state index contributed by atoms with van der Waals surface area (Å²) in [4.78, 5) is 4.02. The Morgan fingerprint density at radius 1 is 0.720 bits per heavy atom. The Kier molecular flexibility index (Phi) is 11.2. The van der Waals surface area contributed by atoms with Crippen LogP contribution in [0.2, 0.25) is 0 Å². The zero-order valence-electron chi connectivity index (χ0n) is 16.5. The van der Waals surface area contributed by atoms with Gasteiger partial charge in [-0.05, 0) is 18.6 Å². The fourth-order valence-electron chi connectivity index (χ4n) is 3.74. The molecule has 1 aromatic carbocycles. The van der Waals surface area contributed by atoms with Crippen molar-refractivity contribution < 1.29 is 0 Å². The van der Waals surface area contributed by atoms with Gasteiger partial charge in [-0.1, -0.05) is 103 Å². The number of benzene rings is 1. The van der Waals surface area contributed by atoms with E-state index in [9.17, 15) is 0 Å². The van der Waals surface area contributed by atoms with Crippen molar-refractivity contribution in [2.24, 2.45) is 0 Å². The first-order valence-electron chi connectivity index (χ1n) is 10.9. The van der Waals surface area contributed by atoms with Gasteiger partial charge in [0.2, 0.25) is 0 Å². The van der Waals surface area contributed by atoms with E-state index in [1.54, 1.807) is 0 Å². The number of unbranched alkanes of at least 4 members (excludes halogenated alkanes) is 13. The summed E-state index contributed by atoms with van der Waals surface area (Å²) in [5, 5.41) is 0. The first kappa shape index (κ1) is 20.7. The van der Waals surface area contributed by atoms with Crippen molar-refractivity contribution >= 4 is 17.4 Å². The van der Waals surface area contributed by atoms with Gasteiger partial charge in [0.25, 0.3) is 0 Å². The molecule has 0 fully saturated rings. The highest BCUT2D eigenvalue weighted by Gasteiger charge is 2.17. The molecule has 1 nitrogen and oxygen atoms in total. The van der Waals surface area contributed by atoms with Gasteiger partial charge in [-0.3, -0.25) is 0 Å². The van der Waals surface area contributed by atoms with Gasteiger partial charge in [0.1, 0.15) is 0 Å². The molecule has 1 aliphatic heterocycles. The molecule has 1 heterocycles. The maximum atomic E-state index is 2.56. The minimum Gasteiger partial charge on any atom is -0.361 e. The monoisotopic (exact) mass is 361 g/mol. The lowest BCUT2D eigenvalue weighted by Crippen LogP contribution is -2.20. The first-order chi connectivity index (χ1) is 12.4. The fraction of sp³-hybridized carbons (Fsp3) is 0.739. The molecule has 0 atom stereocenters. The number of hydrogen-bond donors (Lipinski definition) is 0. The van der Waals surface area contributed by atoms with Gasteiger partial charge >= 0.3 is 0 Å². The van der Waals surface area contributed by atoms with E-state index in [1.165, 1.54) is 107 Å². The van der Waals surface area contributed by atoms with Crippen molar-refractivity contribution in [2.45, 2.75) is 102 Å². The van der Waals surface area contributed by atoms with Crippen molar-refractivity contribution in [3.63, 3.8) is 0 Å². The predicted molar refractivity (Wildman–Crippen MR) is 115 cm³/mol. The molecule has 1 aliphatic rings. The number of rotatable bonds is 15. The molecule has 2 heteroatoms. The van der Waals surface area contributed by atoms with E-state index < -0.39 is 0 Å². The molecular weight excluding hydrogens is 322 g/mol. The van der Waals surface area contributed by atoms with Gasteiger partial charge in [0.05, 0.1) is 11.6 Å². The summed E-state index contributed by atoms with van der Waals surface area (Å²) in [6.07, 6.45) is 20.2. The quantitative estimate of drug-likeness (QED) is 0.291. The van der Waals surface area contributed by atoms with E-state index in [-0.39, 0.29) is 0 Å². The van der Waals surface area contributed by atoms with E-state index in [1.807, 2.05) is 11.8 Å². The lowest BCUT2D eigenvalue weighted by atomic mass is 10.0. The SMILES string of the molecule is CCCCCCCCCCCCCCCCN1CSc2ccccc21. The molecule has 0 saturated heterocycles. The van der Waals surface area contributed by atoms with Crippen LogP contribution >= 0.6 is 11.8 Å². The van der Waals surface area contributed by atoms with Crippen LogP contribution in [-0.2, 0) is 0 Å². The van der Waals surface area contributed by atoms with Crippen LogP contribution in [0, 0.1) is 0 Å². The number of hydrogen-bond acceptors (Lipinski definition) is 2. The van der Waals surface area contributed by atoms with E-state index in [0.29, 0.717) is 0 Å². The second-order valence-corrected chi connectivity index (χ2v) is 8.59. The van der Waals surface area contributed by atoms with Crippen LogP contribution in [-0.4, -0.2) is 12.4 Å². The normalized spacial score (nSPS) is 13.4. The van der Waals surface area contributed by atoms with Crippen LogP contribution in [0.15, 0.2) is 29.2 Å². The smallest absolute Gasteiger partial charge is 0.0686 e. The second kappa shape index (κ2) is 13.6. The second-order valence-electron chi connectivity index (χ2n) is 7.60. The lowest BCUT2D eigenvalue weighted by Gasteiger charge is -2.18. The molecule has 0 bridgehead atoms. The number of fused-ring (bicyclic) bond motifs is 1. The van der Waals surface area contributed by atoms with Crippen molar-refractivity contribution in [3.8, 4) is 0 Å². The minimum atomic E-state index is 1.15. The van der Waals surface area contributed by atoms with E-state index in [2.05, 4.69) is 36.1 Å². The van der Waals surface area contributed by atoms with Crippen molar-refractivity contribution in [1.82, 2.24) is 0 Å². The average molecular weight is 362 g/mol. The molecule has 2 rings (SSSR count). The Morgan fingerprint density at radius 3 is 1.84 bits per heavy atom. The van der Waals surface area contributed by atoms with Gasteiger partial charge in [0, 0.05) is 11.4 Å². The number of nitrogens with zero attached hydrogens (tertiary/aromatic N) is 1. The Bertz CT molecular complexity index is 445. The summed E-state index contributed by atoms with van der Waals surface area (Å²) in [5.41, 5.74) is 1.46. The third-order valence-electron chi connectivity index (χ3n) is 5.36. The average Bonchev–Trinajstić information content (AvgIpc) is 3.05. The molecule has 0 aromatic heterocycles. The maximum absolute atomic E-state index is 2.56. The highest BCUT2D eigenvalue weighted by atomic mass is 32.2. The van der Waals surface area contributed by atoms with Crippen molar-refractivity contribution in [3.05, 3.63) is 24.3 Å². The number of para-hydroxylation sites is 1. The summed E-state index contributed by atoms with van der Waals surface area (Å²) in [5.74, 6) is 1.15. The molecule has 25 heavy (non-hydrogen) atoms. The summed E-state index contributed by atoms with van der Waals surface area (Å²) in [6.45, 7) is 3.53. The highest BCUT2D eigenvalue weighted by Crippen LogP contribution is 2.37. The molecule has 0 amide bonds. The van der Waals surface area contributed by atoms with Crippen LogP contribution in [0.4, 0.5) is 5.69 Å². The molecular formula is C23H39NS. The van der Waals surface area contributed by atoms with Crippen LogP contribution in [0.3, 0.4) is 0 Å². The third kappa shape index (κ3) is 8.53. The summed E-state index contributed by atoms with van der Waals surface area (Å²) >= 11 is 1.99. The third-order valence-corrected chi connectivity index (χ3v) is 6.46. The predicted octanol–water partition coefficient (Wildman–Crippen LogP) is 8.04. The minimum absolute atomic E-state index is 1.15. The standard InChI is InChI=1S/C23H39NS/c1-2-3-4-5-6-7-8-9-10-11-12-13-14-17-20-24-21-25-23-19-16-15-18-22(23)24/h15-16,18-19H,2-14,17,20-21H2,1H3. The van der Waals surface area contributed by atoms with Gasteiger partial charge in [-0.2, -0.15) is 0 Å². The molecule has 0 saturated carbocycles. The summed E-state index contributed by atoms with van der Waals surface area (Å²) < 4.78 is 0. The zero-order valence-corrected chi connectivity index (χ0v) is 17.3. The Morgan fingerprint density at radius 2 is 1.24 bits per heavy atom. The molecule has 0 unspecified atom stereocenters. The molecule has 0 aliphatic carbocycles. The van der Waals surface area contributed by atoms with Crippen molar-refractivity contribution in [1.29, 1.82) is 0 Å². The Labute approximate surface area is 161 Å². The lowest BCUT2D eigenvalue weighted by molar-refractivity contribution is 0.535. The molecule has 142 valence electrons. The highest BCUT2D eigenvalue weighted by molar-refractivity contribution is 7.99. The van der Waals surface area contributed by atoms with Gasteiger partial charge in [-0.15, -0.1) is 11.8 Å². The van der Waals surface area contributed by atoms with Gasteiger partial charge in [0.15, 0.2) is 0 Å². The first-order valence-corrected chi connectivity index (χ1v) is 11.9. The van der Waals surface area contributed by atoms with E-state index >= 15 is 0 Å². The van der Waals surface area contributed by atoms with Gasteiger partial charge < -0.3 is 4.90 Å². The van der Waals surface area contributed by atoms with Crippen LogP contribution in [0.25, 0.3) is 0 Å².